The Balaban J connectivity index is 1.67. The number of hydrogen-bond donors (Lipinski definition) is 2. The maximum Gasteiger partial charge on any atom is 0.247 e. The van der Waals surface area contributed by atoms with Crippen LogP contribution in [0.15, 0.2) is 47.0 Å². The third-order valence-corrected chi connectivity index (χ3v) is 5.04. The summed E-state index contributed by atoms with van der Waals surface area (Å²) in [5.74, 6) is 0.104. The monoisotopic (exact) mass is 379 g/mol. The summed E-state index contributed by atoms with van der Waals surface area (Å²) >= 11 is 0. The van der Waals surface area contributed by atoms with Crippen molar-refractivity contribution in [3.63, 3.8) is 0 Å². The predicted molar refractivity (Wildman–Crippen MR) is 103 cm³/mol. The van der Waals surface area contributed by atoms with Crippen molar-refractivity contribution in [3.8, 4) is 11.3 Å². The maximum atomic E-state index is 12.8. The molecule has 4 rings (SSSR count). The first-order valence-corrected chi connectivity index (χ1v) is 9.20. The zero-order valence-corrected chi connectivity index (χ0v) is 15.5. The molecule has 1 aromatic heterocycles. The number of carbonyl (C=O) groups is 2. The number of hydrogen-bond acceptors (Lipinski definition) is 5. The van der Waals surface area contributed by atoms with Crippen LogP contribution in [0.3, 0.4) is 0 Å². The molecule has 7 nitrogen and oxygen atoms in total. The minimum absolute atomic E-state index is 0.312. The van der Waals surface area contributed by atoms with Gasteiger partial charge in [-0.25, -0.2) is 0 Å². The number of aliphatic hydroxyl groups is 1. The molecule has 1 aliphatic heterocycles. The standard InChI is InChI=1S/C21H21N3O4/c1-13(26)22-18(12-25)21(27)24-10-9-19-17(11-24)20(23-28-19)16-8-4-6-14-5-2-3-7-15(14)16/h2-8,18,25H,9-12H2,1H3,(H,22,26)/t18-/m1/s1. The lowest BCUT2D eigenvalue weighted by molar-refractivity contribution is -0.138. The highest BCUT2D eigenvalue weighted by atomic mass is 16.5. The summed E-state index contributed by atoms with van der Waals surface area (Å²) < 4.78 is 5.56. The van der Waals surface area contributed by atoms with E-state index in [1.165, 1.54) is 6.92 Å². The molecule has 0 saturated carbocycles. The van der Waals surface area contributed by atoms with Gasteiger partial charge in [0, 0.05) is 31.0 Å². The van der Waals surface area contributed by atoms with Gasteiger partial charge in [0.1, 0.15) is 17.5 Å². The first-order valence-electron chi connectivity index (χ1n) is 9.20. The maximum absolute atomic E-state index is 12.8. The van der Waals surface area contributed by atoms with Crippen LogP contribution < -0.4 is 5.32 Å². The van der Waals surface area contributed by atoms with Crippen molar-refractivity contribution in [1.82, 2.24) is 15.4 Å². The second-order valence-electron chi connectivity index (χ2n) is 6.91. The van der Waals surface area contributed by atoms with E-state index in [0.29, 0.717) is 19.5 Å². The van der Waals surface area contributed by atoms with Gasteiger partial charge >= 0.3 is 0 Å². The van der Waals surface area contributed by atoms with Gasteiger partial charge in [0.15, 0.2) is 0 Å². The molecule has 1 aliphatic rings. The van der Waals surface area contributed by atoms with E-state index in [2.05, 4.69) is 10.5 Å². The predicted octanol–water partition coefficient (Wildman–Crippen LogP) is 1.88. The molecule has 0 aliphatic carbocycles. The quantitative estimate of drug-likeness (QED) is 0.722. The zero-order chi connectivity index (χ0) is 19.7. The molecule has 0 radical (unpaired) electrons. The highest BCUT2D eigenvalue weighted by Gasteiger charge is 2.31. The average Bonchev–Trinajstić information content (AvgIpc) is 3.14. The molecule has 2 aromatic carbocycles. The van der Waals surface area contributed by atoms with Crippen molar-refractivity contribution in [1.29, 1.82) is 0 Å². The summed E-state index contributed by atoms with van der Waals surface area (Å²) in [6.07, 6.45) is 0.539. The Hall–Kier alpha value is -3.19. The van der Waals surface area contributed by atoms with Crippen LogP contribution in [0.5, 0.6) is 0 Å². The van der Waals surface area contributed by atoms with Crippen LogP contribution >= 0.6 is 0 Å². The lowest BCUT2D eigenvalue weighted by Gasteiger charge is -2.29. The fraction of sp³-hybridized carbons (Fsp3) is 0.286. The van der Waals surface area contributed by atoms with Crippen molar-refractivity contribution in [2.75, 3.05) is 13.2 Å². The van der Waals surface area contributed by atoms with E-state index in [9.17, 15) is 14.7 Å². The number of aliphatic hydroxyl groups excluding tert-OH is 1. The highest BCUT2D eigenvalue weighted by molar-refractivity contribution is 5.96. The smallest absolute Gasteiger partial charge is 0.247 e. The fourth-order valence-corrected chi connectivity index (χ4v) is 3.69. The van der Waals surface area contributed by atoms with Crippen molar-refractivity contribution in [3.05, 3.63) is 53.8 Å². The molecule has 2 N–H and O–H groups in total. The summed E-state index contributed by atoms with van der Waals surface area (Å²) in [4.78, 5) is 25.7. The van der Waals surface area contributed by atoms with Crippen LogP contribution in [0.1, 0.15) is 18.2 Å². The van der Waals surface area contributed by atoms with Gasteiger partial charge in [0.05, 0.1) is 13.2 Å². The topological polar surface area (TPSA) is 95.7 Å². The van der Waals surface area contributed by atoms with E-state index in [-0.39, 0.29) is 11.8 Å². The van der Waals surface area contributed by atoms with Crippen molar-refractivity contribution >= 4 is 22.6 Å². The number of benzene rings is 2. The van der Waals surface area contributed by atoms with Gasteiger partial charge in [0.25, 0.3) is 0 Å². The average molecular weight is 379 g/mol. The van der Waals surface area contributed by atoms with E-state index >= 15 is 0 Å². The largest absolute Gasteiger partial charge is 0.394 e. The first kappa shape index (κ1) is 18.2. The van der Waals surface area contributed by atoms with Gasteiger partial charge in [-0.3, -0.25) is 9.59 Å². The van der Waals surface area contributed by atoms with Gasteiger partial charge in [0.2, 0.25) is 11.8 Å². The van der Waals surface area contributed by atoms with Crippen molar-refractivity contribution in [2.45, 2.75) is 25.9 Å². The molecule has 144 valence electrons. The minimum atomic E-state index is -0.945. The number of nitrogens with one attached hydrogen (secondary N) is 1. The van der Waals surface area contributed by atoms with Crippen LogP contribution in [0.25, 0.3) is 22.0 Å². The number of aromatic nitrogens is 1. The summed E-state index contributed by atoms with van der Waals surface area (Å²) in [6.45, 7) is 1.66. The summed E-state index contributed by atoms with van der Waals surface area (Å²) in [7, 11) is 0. The molecular weight excluding hydrogens is 358 g/mol. The summed E-state index contributed by atoms with van der Waals surface area (Å²) in [5.41, 5.74) is 2.55. The molecule has 3 aromatic rings. The Morgan fingerprint density at radius 1 is 1.25 bits per heavy atom. The van der Waals surface area contributed by atoms with Gasteiger partial charge < -0.3 is 19.8 Å². The lowest BCUT2D eigenvalue weighted by Crippen LogP contribution is -2.51. The van der Waals surface area contributed by atoms with Crippen LogP contribution in [-0.4, -0.2) is 46.2 Å². The van der Waals surface area contributed by atoms with E-state index in [1.807, 2.05) is 42.5 Å². The molecule has 0 fully saturated rings. The van der Waals surface area contributed by atoms with Gasteiger partial charge in [-0.15, -0.1) is 0 Å². The van der Waals surface area contributed by atoms with Crippen molar-refractivity contribution in [2.24, 2.45) is 0 Å². The van der Waals surface area contributed by atoms with Gasteiger partial charge in [-0.05, 0) is 10.8 Å². The molecular formula is C21H21N3O4. The van der Waals surface area contributed by atoms with E-state index < -0.39 is 12.6 Å². The van der Waals surface area contributed by atoms with Crippen LogP contribution in [-0.2, 0) is 22.6 Å². The van der Waals surface area contributed by atoms with Crippen molar-refractivity contribution < 1.29 is 19.2 Å². The first-order chi connectivity index (χ1) is 13.6. The fourth-order valence-electron chi connectivity index (χ4n) is 3.69. The van der Waals surface area contributed by atoms with E-state index in [0.717, 1.165) is 33.4 Å². The Morgan fingerprint density at radius 2 is 2.04 bits per heavy atom. The Bertz CT molecular complexity index is 1040. The molecule has 0 saturated heterocycles. The summed E-state index contributed by atoms with van der Waals surface area (Å²) in [6, 6.07) is 13.1. The number of fused-ring (bicyclic) bond motifs is 2. The Labute approximate surface area is 161 Å². The zero-order valence-electron chi connectivity index (χ0n) is 15.5. The SMILES string of the molecule is CC(=O)N[C@H](CO)C(=O)N1CCc2onc(-c3cccc4ccccc34)c2C1. The molecule has 0 unspecified atom stereocenters. The molecule has 2 heterocycles. The molecule has 2 amide bonds. The Morgan fingerprint density at radius 3 is 2.82 bits per heavy atom. The van der Waals surface area contributed by atoms with Crippen LogP contribution in [0.2, 0.25) is 0 Å². The second-order valence-corrected chi connectivity index (χ2v) is 6.91. The number of rotatable bonds is 4. The van der Waals surface area contributed by atoms with E-state index in [4.69, 9.17) is 4.52 Å². The third kappa shape index (κ3) is 3.25. The summed E-state index contributed by atoms with van der Waals surface area (Å²) in [5, 5.41) is 18.4. The second kappa shape index (κ2) is 7.44. The van der Waals surface area contributed by atoms with Crippen LogP contribution in [0, 0.1) is 0 Å². The van der Waals surface area contributed by atoms with Gasteiger partial charge in [-0.2, -0.15) is 0 Å². The lowest BCUT2D eigenvalue weighted by atomic mass is 9.96. The molecule has 7 heteroatoms. The van der Waals surface area contributed by atoms with Crippen LogP contribution in [0.4, 0.5) is 0 Å². The highest BCUT2D eigenvalue weighted by Crippen LogP contribution is 2.34. The van der Waals surface area contributed by atoms with Gasteiger partial charge in [-0.1, -0.05) is 47.6 Å². The molecule has 0 spiro atoms. The Kier molecular flexibility index (Phi) is 4.83. The minimum Gasteiger partial charge on any atom is -0.394 e. The number of amides is 2. The normalized spacial score (nSPS) is 14.6. The molecule has 0 bridgehead atoms. The third-order valence-electron chi connectivity index (χ3n) is 5.04. The number of nitrogens with zero attached hydrogens (tertiary/aromatic N) is 2. The number of carbonyl (C=O) groups excluding carboxylic acids is 2. The van der Waals surface area contributed by atoms with E-state index in [1.54, 1.807) is 4.90 Å². The molecule has 28 heavy (non-hydrogen) atoms. The molecule has 1 atom stereocenters.